The standard InChI is InChI=1S/C22H16F2N4O/c23-15-10-11-18(17(24)14-15)27-22-25-13-12-21(28-22)26-19-8-4-5-9-20(19)29-16-6-2-1-3-7-16/h1-14H,(H2,25,26,27,28). The quantitative estimate of drug-likeness (QED) is 0.421. The highest BCUT2D eigenvalue weighted by Crippen LogP contribution is 2.31. The van der Waals surface area contributed by atoms with E-state index >= 15 is 0 Å². The molecule has 0 saturated carbocycles. The van der Waals surface area contributed by atoms with Gasteiger partial charge in [-0.2, -0.15) is 4.98 Å². The summed E-state index contributed by atoms with van der Waals surface area (Å²) in [6.45, 7) is 0. The fourth-order valence-electron chi connectivity index (χ4n) is 2.61. The van der Waals surface area contributed by atoms with Crippen LogP contribution in [-0.4, -0.2) is 9.97 Å². The summed E-state index contributed by atoms with van der Waals surface area (Å²) in [5.41, 5.74) is 0.783. The zero-order valence-corrected chi connectivity index (χ0v) is 15.1. The van der Waals surface area contributed by atoms with Gasteiger partial charge in [0.05, 0.1) is 11.4 Å². The molecule has 4 aromatic rings. The monoisotopic (exact) mass is 390 g/mol. The van der Waals surface area contributed by atoms with Gasteiger partial charge in [-0.05, 0) is 42.5 Å². The highest BCUT2D eigenvalue weighted by Gasteiger charge is 2.09. The number of halogens is 2. The van der Waals surface area contributed by atoms with Crippen molar-refractivity contribution in [2.24, 2.45) is 0 Å². The second-order valence-corrected chi connectivity index (χ2v) is 6.05. The molecule has 1 aromatic heterocycles. The predicted octanol–water partition coefficient (Wildman–Crippen LogP) is 6.03. The number of nitrogens with zero attached hydrogens (tertiary/aromatic N) is 2. The zero-order chi connectivity index (χ0) is 20.1. The van der Waals surface area contributed by atoms with Gasteiger partial charge in [0.2, 0.25) is 5.95 Å². The number of nitrogens with one attached hydrogen (secondary N) is 2. The summed E-state index contributed by atoms with van der Waals surface area (Å²) in [5, 5.41) is 5.92. The van der Waals surface area contributed by atoms with E-state index in [4.69, 9.17) is 4.74 Å². The largest absolute Gasteiger partial charge is 0.455 e. The van der Waals surface area contributed by atoms with Crippen molar-refractivity contribution in [2.45, 2.75) is 0 Å². The third-order valence-corrected chi connectivity index (χ3v) is 3.95. The van der Waals surface area contributed by atoms with Gasteiger partial charge in [-0.25, -0.2) is 13.8 Å². The maximum atomic E-state index is 13.9. The molecule has 0 radical (unpaired) electrons. The fraction of sp³-hybridized carbons (Fsp3) is 0. The van der Waals surface area contributed by atoms with Gasteiger partial charge in [-0.1, -0.05) is 30.3 Å². The molecule has 2 N–H and O–H groups in total. The first kappa shape index (κ1) is 18.4. The highest BCUT2D eigenvalue weighted by atomic mass is 19.1. The van der Waals surface area contributed by atoms with Crippen LogP contribution in [0.2, 0.25) is 0 Å². The van der Waals surface area contributed by atoms with Crippen LogP contribution >= 0.6 is 0 Å². The van der Waals surface area contributed by atoms with Gasteiger partial charge >= 0.3 is 0 Å². The molecule has 29 heavy (non-hydrogen) atoms. The van der Waals surface area contributed by atoms with Crippen LogP contribution < -0.4 is 15.4 Å². The second kappa shape index (κ2) is 8.35. The minimum absolute atomic E-state index is 0.0800. The number of hydrogen-bond acceptors (Lipinski definition) is 5. The van der Waals surface area contributed by atoms with Crippen LogP contribution in [0.15, 0.2) is 85.1 Å². The zero-order valence-electron chi connectivity index (χ0n) is 15.1. The van der Waals surface area contributed by atoms with Crippen molar-refractivity contribution in [1.82, 2.24) is 9.97 Å². The summed E-state index contributed by atoms with van der Waals surface area (Å²) in [4.78, 5) is 8.40. The first-order valence-electron chi connectivity index (χ1n) is 8.81. The van der Waals surface area contributed by atoms with E-state index < -0.39 is 11.6 Å². The van der Waals surface area contributed by atoms with Crippen molar-refractivity contribution in [3.63, 3.8) is 0 Å². The third kappa shape index (κ3) is 4.65. The molecule has 4 rings (SSSR count). The number of benzene rings is 3. The molecule has 3 aromatic carbocycles. The molecule has 0 aliphatic carbocycles. The van der Waals surface area contributed by atoms with E-state index in [1.807, 2.05) is 54.6 Å². The second-order valence-electron chi connectivity index (χ2n) is 6.05. The summed E-state index contributed by atoms with van der Waals surface area (Å²) in [6.07, 6.45) is 1.53. The smallest absolute Gasteiger partial charge is 0.229 e. The normalized spacial score (nSPS) is 10.4. The van der Waals surface area contributed by atoms with Crippen LogP contribution in [0, 0.1) is 11.6 Å². The van der Waals surface area contributed by atoms with Crippen LogP contribution in [0.4, 0.5) is 31.9 Å². The van der Waals surface area contributed by atoms with Gasteiger partial charge < -0.3 is 15.4 Å². The Morgan fingerprint density at radius 1 is 0.759 bits per heavy atom. The average molecular weight is 390 g/mol. The van der Waals surface area contributed by atoms with Crippen LogP contribution in [0.5, 0.6) is 11.5 Å². The molecule has 0 saturated heterocycles. The first-order valence-corrected chi connectivity index (χ1v) is 8.81. The number of rotatable bonds is 6. The van der Waals surface area contributed by atoms with Crippen molar-refractivity contribution in [1.29, 1.82) is 0 Å². The summed E-state index contributed by atoms with van der Waals surface area (Å²) in [7, 11) is 0. The lowest BCUT2D eigenvalue weighted by Gasteiger charge is -2.13. The predicted molar refractivity (Wildman–Crippen MR) is 108 cm³/mol. The summed E-state index contributed by atoms with van der Waals surface area (Å²) in [6, 6.07) is 21.8. The molecular weight excluding hydrogens is 374 g/mol. The maximum Gasteiger partial charge on any atom is 0.229 e. The van der Waals surface area contributed by atoms with Crippen LogP contribution in [-0.2, 0) is 0 Å². The molecule has 0 unspecified atom stereocenters. The minimum atomic E-state index is -0.728. The summed E-state index contributed by atoms with van der Waals surface area (Å²) < 4.78 is 32.8. The van der Waals surface area contributed by atoms with Gasteiger partial charge in [-0.3, -0.25) is 0 Å². The number of aromatic nitrogens is 2. The van der Waals surface area contributed by atoms with E-state index in [0.717, 1.165) is 12.1 Å². The van der Waals surface area contributed by atoms with E-state index in [1.165, 1.54) is 12.3 Å². The number of anilines is 4. The van der Waals surface area contributed by atoms with E-state index in [-0.39, 0.29) is 11.6 Å². The van der Waals surface area contributed by atoms with Crippen molar-refractivity contribution in [2.75, 3.05) is 10.6 Å². The van der Waals surface area contributed by atoms with E-state index in [2.05, 4.69) is 20.6 Å². The topological polar surface area (TPSA) is 59.1 Å². The molecule has 144 valence electrons. The summed E-state index contributed by atoms with van der Waals surface area (Å²) in [5.74, 6) is 0.596. The summed E-state index contributed by atoms with van der Waals surface area (Å²) >= 11 is 0. The minimum Gasteiger partial charge on any atom is -0.455 e. The highest BCUT2D eigenvalue weighted by molar-refractivity contribution is 5.65. The van der Waals surface area contributed by atoms with Gasteiger partial charge in [0.15, 0.2) is 5.75 Å². The van der Waals surface area contributed by atoms with Crippen LogP contribution in [0.25, 0.3) is 0 Å². The van der Waals surface area contributed by atoms with Gasteiger partial charge in [0.1, 0.15) is 23.2 Å². The van der Waals surface area contributed by atoms with Crippen LogP contribution in [0.3, 0.4) is 0 Å². The van der Waals surface area contributed by atoms with E-state index in [1.54, 1.807) is 6.07 Å². The van der Waals surface area contributed by atoms with E-state index in [9.17, 15) is 8.78 Å². The Bertz CT molecular complexity index is 1120. The number of para-hydroxylation sites is 3. The third-order valence-electron chi connectivity index (χ3n) is 3.95. The van der Waals surface area contributed by atoms with Crippen LogP contribution in [0.1, 0.15) is 0 Å². The lowest BCUT2D eigenvalue weighted by molar-refractivity contribution is 0.485. The Morgan fingerprint density at radius 2 is 1.55 bits per heavy atom. The Labute approximate surface area is 166 Å². The van der Waals surface area contributed by atoms with Crippen molar-refractivity contribution in [3.05, 3.63) is 96.7 Å². The molecule has 0 bridgehead atoms. The van der Waals surface area contributed by atoms with Gasteiger partial charge in [0.25, 0.3) is 0 Å². The Kier molecular flexibility index (Phi) is 5.29. The average Bonchev–Trinajstić information content (AvgIpc) is 2.73. The Balaban J connectivity index is 1.54. The molecule has 1 heterocycles. The van der Waals surface area contributed by atoms with E-state index in [0.29, 0.717) is 23.0 Å². The Hall–Kier alpha value is -4.00. The lowest BCUT2D eigenvalue weighted by Crippen LogP contribution is -2.02. The maximum absolute atomic E-state index is 13.9. The van der Waals surface area contributed by atoms with Crippen molar-refractivity contribution < 1.29 is 13.5 Å². The number of hydrogen-bond donors (Lipinski definition) is 2. The van der Waals surface area contributed by atoms with Gasteiger partial charge in [0, 0.05) is 12.3 Å². The molecule has 5 nitrogen and oxygen atoms in total. The molecule has 0 spiro atoms. The molecular formula is C22H16F2N4O. The Morgan fingerprint density at radius 3 is 2.38 bits per heavy atom. The van der Waals surface area contributed by atoms with Crippen molar-refractivity contribution in [3.8, 4) is 11.5 Å². The lowest BCUT2D eigenvalue weighted by atomic mass is 10.3. The SMILES string of the molecule is Fc1ccc(Nc2nccc(Nc3ccccc3Oc3ccccc3)n2)c(F)c1. The molecule has 0 amide bonds. The molecule has 0 aliphatic heterocycles. The first-order chi connectivity index (χ1) is 14.2. The molecule has 7 heteroatoms. The number of ether oxygens (including phenoxy) is 1. The van der Waals surface area contributed by atoms with Gasteiger partial charge in [-0.15, -0.1) is 0 Å². The molecule has 0 atom stereocenters. The molecule has 0 aliphatic rings. The fourth-order valence-corrected chi connectivity index (χ4v) is 2.61. The van der Waals surface area contributed by atoms with Crippen molar-refractivity contribution >= 4 is 23.1 Å². The molecule has 0 fully saturated rings.